The zero-order chi connectivity index (χ0) is 21.6. The Morgan fingerprint density at radius 3 is 2.68 bits per heavy atom. The van der Waals surface area contributed by atoms with Crippen molar-refractivity contribution in [2.24, 2.45) is 23.2 Å². The molecule has 0 aromatic heterocycles. The van der Waals surface area contributed by atoms with Gasteiger partial charge in [-0.05, 0) is 67.7 Å². The predicted octanol–water partition coefficient (Wildman–Crippen LogP) is 3.99. The fourth-order valence-corrected chi connectivity index (χ4v) is 6.68. The second kappa shape index (κ2) is 7.98. The first kappa shape index (κ1) is 20.6. The highest BCUT2D eigenvalue weighted by Crippen LogP contribution is 2.56. The van der Waals surface area contributed by atoms with Crippen LogP contribution in [-0.2, 0) is 9.53 Å². The Bertz CT molecular complexity index is 896. The molecule has 2 saturated carbocycles. The molecule has 1 aromatic rings. The standard InChI is InChI=1S/C26H33N3O2/c1-18-4-3-9-26(2)15-24-21(14-23(18)26)22(25(30)31-24)17-28-10-12-29(13-11-28)20-7-5-19(16-27)6-8-20/h5-8,21-24H,1,3-4,9-15,17H2,2H3/t21-,22+,23+,24-,26-/m1/s1. The molecule has 5 atom stereocenters. The van der Waals surface area contributed by atoms with Crippen molar-refractivity contribution in [1.82, 2.24) is 4.90 Å². The van der Waals surface area contributed by atoms with Gasteiger partial charge in [-0.2, -0.15) is 5.26 Å². The Morgan fingerprint density at radius 2 is 1.97 bits per heavy atom. The number of carbonyl (C=O) groups excluding carboxylic acids is 1. The van der Waals surface area contributed by atoms with Crippen molar-refractivity contribution >= 4 is 11.7 Å². The van der Waals surface area contributed by atoms with E-state index in [0.717, 1.165) is 52.0 Å². The molecule has 2 saturated heterocycles. The average molecular weight is 420 g/mol. The highest BCUT2D eigenvalue weighted by molar-refractivity contribution is 5.75. The molecule has 5 rings (SSSR count). The largest absolute Gasteiger partial charge is 0.462 e. The van der Waals surface area contributed by atoms with E-state index in [4.69, 9.17) is 10.00 Å². The minimum absolute atomic E-state index is 0.00531. The van der Waals surface area contributed by atoms with Crippen molar-refractivity contribution < 1.29 is 9.53 Å². The molecule has 0 N–H and O–H groups in total. The van der Waals surface area contributed by atoms with E-state index in [2.05, 4.69) is 29.4 Å². The van der Waals surface area contributed by atoms with Crippen molar-refractivity contribution in [3.63, 3.8) is 0 Å². The third kappa shape index (κ3) is 3.76. The van der Waals surface area contributed by atoms with Gasteiger partial charge in [0.1, 0.15) is 6.10 Å². The number of hydrogen-bond donors (Lipinski definition) is 0. The van der Waals surface area contributed by atoms with Crippen LogP contribution in [0.4, 0.5) is 5.69 Å². The van der Waals surface area contributed by atoms with E-state index in [1.165, 1.54) is 24.1 Å². The smallest absolute Gasteiger partial charge is 0.310 e. The van der Waals surface area contributed by atoms with Gasteiger partial charge >= 0.3 is 5.97 Å². The van der Waals surface area contributed by atoms with Crippen molar-refractivity contribution in [3.05, 3.63) is 42.0 Å². The number of ether oxygens (including phenoxy) is 1. The number of piperazine rings is 1. The summed E-state index contributed by atoms with van der Waals surface area (Å²) in [7, 11) is 0. The number of carbonyl (C=O) groups is 1. The van der Waals surface area contributed by atoms with E-state index in [1.54, 1.807) is 0 Å². The first-order valence-electron chi connectivity index (χ1n) is 11.8. The van der Waals surface area contributed by atoms with Gasteiger partial charge in [0.15, 0.2) is 0 Å². The van der Waals surface area contributed by atoms with Gasteiger partial charge in [0.05, 0.1) is 17.6 Å². The van der Waals surface area contributed by atoms with Crippen LogP contribution in [0, 0.1) is 34.5 Å². The molecule has 0 bridgehead atoms. The lowest BCUT2D eigenvalue weighted by atomic mass is 9.55. The minimum Gasteiger partial charge on any atom is -0.462 e. The highest BCUT2D eigenvalue weighted by atomic mass is 16.6. The first-order valence-corrected chi connectivity index (χ1v) is 11.8. The Balaban J connectivity index is 1.21. The molecule has 0 amide bonds. The van der Waals surface area contributed by atoms with Crippen LogP contribution in [0.15, 0.2) is 36.4 Å². The van der Waals surface area contributed by atoms with Gasteiger partial charge in [-0.1, -0.05) is 19.1 Å². The number of anilines is 1. The summed E-state index contributed by atoms with van der Waals surface area (Å²) in [4.78, 5) is 17.7. The summed E-state index contributed by atoms with van der Waals surface area (Å²) in [6.07, 6.45) is 5.79. The molecule has 4 fully saturated rings. The number of allylic oxidation sites excluding steroid dienone is 1. The first-order chi connectivity index (χ1) is 15.0. The Morgan fingerprint density at radius 1 is 1.23 bits per heavy atom. The summed E-state index contributed by atoms with van der Waals surface area (Å²) in [6, 6.07) is 10.0. The van der Waals surface area contributed by atoms with E-state index in [-0.39, 0.29) is 23.4 Å². The normalized spacial score (nSPS) is 35.8. The van der Waals surface area contributed by atoms with Gasteiger partial charge in [0.2, 0.25) is 0 Å². The number of benzene rings is 1. The van der Waals surface area contributed by atoms with Gasteiger partial charge in [0, 0.05) is 44.3 Å². The Labute approximate surface area is 185 Å². The quantitative estimate of drug-likeness (QED) is 0.548. The molecule has 164 valence electrons. The van der Waals surface area contributed by atoms with Gasteiger partial charge in [-0.15, -0.1) is 0 Å². The summed E-state index contributed by atoms with van der Waals surface area (Å²) in [5.74, 6) is 0.924. The van der Waals surface area contributed by atoms with Crippen LogP contribution in [0.1, 0.15) is 44.6 Å². The SMILES string of the molecule is C=C1CCC[C@]2(C)C[C@H]3OC(=O)[C@@H](CN4CCN(c5ccc(C#N)cc5)CC4)[C@H]3C[C@@H]12. The topological polar surface area (TPSA) is 56.6 Å². The predicted molar refractivity (Wildman–Crippen MR) is 120 cm³/mol. The van der Waals surface area contributed by atoms with Crippen LogP contribution in [0.2, 0.25) is 0 Å². The second-order valence-electron chi connectivity index (χ2n) is 10.4. The number of fused-ring (bicyclic) bond motifs is 2. The summed E-state index contributed by atoms with van der Waals surface area (Å²) >= 11 is 0. The maximum atomic E-state index is 12.8. The summed E-state index contributed by atoms with van der Waals surface area (Å²) < 4.78 is 5.95. The van der Waals surface area contributed by atoms with Gasteiger partial charge in [-0.25, -0.2) is 0 Å². The van der Waals surface area contributed by atoms with Crippen LogP contribution < -0.4 is 4.90 Å². The monoisotopic (exact) mass is 419 g/mol. The molecule has 2 aliphatic carbocycles. The van der Waals surface area contributed by atoms with Gasteiger partial charge < -0.3 is 9.64 Å². The molecule has 0 radical (unpaired) electrons. The molecule has 5 heteroatoms. The van der Waals surface area contributed by atoms with Crippen LogP contribution in [0.5, 0.6) is 0 Å². The van der Waals surface area contributed by atoms with E-state index >= 15 is 0 Å². The lowest BCUT2D eigenvalue weighted by Crippen LogP contribution is -2.50. The van der Waals surface area contributed by atoms with Crippen molar-refractivity contribution in [2.75, 3.05) is 37.6 Å². The van der Waals surface area contributed by atoms with E-state index < -0.39 is 0 Å². The van der Waals surface area contributed by atoms with Crippen LogP contribution in [0.3, 0.4) is 0 Å². The van der Waals surface area contributed by atoms with Crippen LogP contribution >= 0.6 is 0 Å². The maximum absolute atomic E-state index is 12.8. The summed E-state index contributed by atoms with van der Waals surface area (Å²) in [5, 5.41) is 8.99. The molecule has 0 unspecified atom stereocenters. The molecule has 0 spiro atoms. The Hall–Kier alpha value is -2.32. The van der Waals surface area contributed by atoms with Crippen molar-refractivity contribution in [3.8, 4) is 6.07 Å². The lowest BCUT2D eigenvalue weighted by Gasteiger charge is -2.50. The third-order valence-electron chi connectivity index (χ3n) is 8.51. The van der Waals surface area contributed by atoms with Gasteiger partial charge in [0.25, 0.3) is 0 Å². The summed E-state index contributed by atoms with van der Waals surface area (Å²) in [6.45, 7) is 11.4. The molecule has 4 aliphatic rings. The fraction of sp³-hybridized carbons (Fsp3) is 0.615. The van der Waals surface area contributed by atoms with E-state index in [1.807, 2.05) is 24.3 Å². The number of rotatable bonds is 3. The Kier molecular flexibility index (Phi) is 5.30. The van der Waals surface area contributed by atoms with Crippen molar-refractivity contribution in [2.45, 2.75) is 45.1 Å². The van der Waals surface area contributed by atoms with Crippen molar-refractivity contribution in [1.29, 1.82) is 5.26 Å². The highest BCUT2D eigenvalue weighted by Gasteiger charge is 2.55. The molecule has 31 heavy (non-hydrogen) atoms. The molecule has 5 nitrogen and oxygen atoms in total. The molecular weight excluding hydrogens is 386 g/mol. The molecule has 2 aliphatic heterocycles. The second-order valence-corrected chi connectivity index (χ2v) is 10.4. The third-order valence-corrected chi connectivity index (χ3v) is 8.51. The zero-order valence-electron chi connectivity index (χ0n) is 18.6. The molecule has 1 aromatic carbocycles. The maximum Gasteiger partial charge on any atom is 0.310 e. The van der Waals surface area contributed by atoms with Gasteiger partial charge in [-0.3, -0.25) is 9.69 Å². The summed E-state index contributed by atoms with van der Waals surface area (Å²) in [5.41, 5.74) is 3.53. The molecular formula is C26H33N3O2. The zero-order valence-corrected chi connectivity index (χ0v) is 18.6. The number of esters is 1. The molecule has 2 heterocycles. The lowest BCUT2D eigenvalue weighted by molar-refractivity contribution is -0.146. The van der Waals surface area contributed by atoms with Crippen LogP contribution in [0.25, 0.3) is 0 Å². The minimum atomic E-state index is 0.00531. The fourth-order valence-electron chi connectivity index (χ4n) is 6.68. The average Bonchev–Trinajstić information content (AvgIpc) is 3.06. The number of nitrogens with zero attached hydrogens (tertiary/aromatic N) is 3. The van der Waals surface area contributed by atoms with E-state index in [9.17, 15) is 4.79 Å². The van der Waals surface area contributed by atoms with E-state index in [0.29, 0.717) is 17.4 Å². The number of hydrogen-bond acceptors (Lipinski definition) is 5. The number of nitriles is 1. The van der Waals surface area contributed by atoms with Crippen LogP contribution in [-0.4, -0.2) is 49.7 Å².